The van der Waals surface area contributed by atoms with Crippen molar-refractivity contribution in [3.8, 4) is 0 Å². The van der Waals surface area contributed by atoms with Gasteiger partial charge in [-0.25, -0.2) is 0 Å². The predicted molar refractivity (Wildman–Crippen MR) is 74.8 cm³/mol. The van der Waals surface area contributed by atoms with Crippen LogP contribution in [-0.4, -0.2) is 30.2 Å². The zero-order valence-electron chi connectivity index (χ0n) is 9.96. The van der Waals surface area contributed by atoms with Gasteiger partial charge in [0.05, 0.1) is 4.86 Å². The monoisotopic (exact) mass is 306 g/mol. The van der Waals surface area contributed by atoms with Gasteiger partial charge in [-0.05, 0) is 12.2 Å². The van der Waals surface area contributed by atoms with Gasteiger partial charge in [-0.2, -0.15) is 8.42 Å². The zero-order chi connectivity index (χ0) is 14.4. The number of allylic oxidation sites excluding steroid dienone is 4. The maximum absolute atomic E-state index is 12.4. The molecule has 0 bridgehead atoms. The van der Waals surface area contributed by atoms with E-state index in [9.17, 15) is 18.0 Å². The first-order valence-electron chi connectivity index (χ1n) is 5.73. The molecule has 1 aromatic carbocycles. The van der Waals surface area contributed by atoms with Crippen LogP contribution >= 0.6 is 11.6 Å². The first-order chi connectivity index (χ1) is 9.52. The normalized spacial score (nSPS) is 20.9. The Hall–Kier alpha value is -1.98. The number of hydrogen-bond donors (Lipinski definition) is 0. The van der Waals surface area contributed by atoms with Gasteiger partial charge < -0.3 is 0 Å². The van der Waals surface area contributed by atoms with Gasteiger partial charge in [0.25, 0.3) is 0 Å². The second-order valence-corrected chi connectivity index (χ2v) is 5.74. The second-order valence-electron chi connectivity index (χ2n) is 4.36. The molecular weight excluding hydrogens is 300 g/mol. The number of rotatable bonds is 0. The van der Waals surface area contributed by atoms with Gasteiger partial charge in [0.15, 0.2) is 11.6 Å². The molecule has 0 N–H and O–H groups in total. The molecule has 2 aliphatic rings. The Morgan fingerprint density at radius 3 is 2.15 bits per heavy atom. The molecule has 3 rings (SSSR count). The van der Waals surface area contributed by atoms with Crippen molar-refractivity contribution in [1.82, 2.24) is 0 Å². The van der Waals surface area contributed by atoms with Crippen molar-refractivity contribution in [3.05, 3.63) is 58.7 Å². The van der Waals surface area contributed by atoms with Crippen LogP contribution < -0.4 is 0 Å². The molecular formula is C14H7ClO4S. The number of alkyl halides is 1. The minimum absolute atomic E-state index is 0.0390. The van der Waals surface area contributed by atoms with Crippen LogP contribution in [0.2, 0.25) is 0 Å². The Bertz CT molecular complexity index is 851. The third kappa shape index (κ3) is 1.71. The van der Waals surface area contributed by atoms with E-state index in [0.29, 0.717) is 5.56 Å². The number of carbonyl (C=O) groups excluding carboxylic acids is 2. The van der Waals surface area contributed by atoms with Crippen LogP contribution in [0.3, 0.4) is 0 Å². The van der Waals surface area contributed by atoms with E-state index in [1.54, 1.807) is 18.2 Å². The molecule has 1 aromatic rings. The summed E-state index contributed by atoms with van der Waals surface area (Å²) in [5, 5.41) is -1.13. The largest absolute Gasteiger partial charge is 0.289 e. The topological polar surface area (TPSA) is 68.3 Å². The van der Waals surface area contributed by atoms with E-state index in [-0.39, 0.29) is 27.4 Å². The second kappa shape index (κ2) is 4.54. The molecule has 100 valence electrons. The van der Waals surface area contributed by atoms with Gasteiger partial charge in [0, 0.05) is 22.3 Å². The van der Waals surface area contributed by atoms with Gasteiger partial charge >= 0.3 is 0 Å². The molecule has 0 radical (unpaired) electrons. The number of Topliss-reactive ketones (excluding diaryl/α,β-unsaturated/α-hetero) is 2. The number of ketones is 2. The molecule has 0 heterocycles. The summed E-state index contributed by atoms with van der Waals surface area (Å²) in [6, 6.07) is 6.43. The average molecular weight is 307 g/mol. The number of benzene rings is 1. The summed E-state index contributed by atoms with van der Waals surface area (Å²) in [5.41, 5.74) is 0.782. The Balaban J connectivity index is 2.29. The molecule has 4 nitrogen and oxygen atoms in total. The van der Waals surface area contributed by atoms with Crippen LogP contribution in [0.4, 0.5) is 0 Å². The smallest absolute Gasteiger partial charge is 0.219 e. The van der Waals surface area contributed by atoms with E-state index >= 15 is 0 Å². The fraction of sp³-hybridized carbons (Fsp3) is 0.0714. The molecule has 0 fully saturated rings. The third-order valence-corrected chi connectivity index (χ3v) is 4.65. The summed E-state index contributed by atoms with van der Waals surface area (Å²) >= 11 is 6.07. The van der Waals surface area contributed by atoms with E-state index in [0.717, 1.165) is 0 Å². The maximum atomic E-state index is 12.4. The van der Waals surface area contributed by atoms with Crippen molar-refractivity contribution < 1.29 is 18.0 Å². The summed E-state index contributed by atoms with van der Waals surface area (Å²) in [4.78, 5) is 24.7. The minimum atomic E-state index is -2.53. The Morgan fingerprint density at radius 1 is 0.950 bits per heavy atom. The van der Waals surface area contributed by atoms with Crippen molar-refractivity contribution in [1.29, 1.82) is 0 Å². The highest BCUT2D eigenvalue weighted by molar-refractivity contribution is 7.73. The van der Waals surface area contributed by atoms with Gasteiger partial charge in [0.1, 0.15) is 5.38 Å². The van der Waals surface area contributed by atoms with E-state index in [1.807, 2.05) is 0 Å². The van der Waals surface area contributed by atoms with E-state index in [4.69, 9.17) is 11.6 Å². The van der Waals surface area contributed by atoms with E-state index in [2.05, 4.69) is 0 Å². The lowest BCUT2D eigenvalue weighted by Crippen LogP contribution is -2.32. The Labute approximate surface area is 120 Å². The maximum Gasteiger partial charge on any atom is 0.219 e. The van der Waals surface area contributed by atoms with Crippen LogP contribution in [0.15, 0.2) is 47.6 Å². The number of carbonyl (C=O) groups is 2. The molecule has 0 saturated carbocycles. The van der Waals surface area contributed by atoms with Crippen molar-refractivity contribution in [2.24, 2.45) is 0 Å². The van der Waals surface area contributed by atoms with Crippen LogP contribution in [0.5, 0.6) is 0 Å². The van der Waals surface area contributed by atoms with Crippen LogP contribution in [0.25, 0.3) is 0 Å². The fourth-order valence-electron chi connectivity index (χ4n) is 2.36. The quantitative estimate of drug-likeness (QED) is 0.539. The molecule has 0 aromatic heterocycles. The Morgan fingerprint density at radius 2 is 1.55 bits per heavy atom. The minimum Gasteiger partial charge on any atom is -0.289 e. The molecule has 0 aliphatic heterocycles. The third-order valence-electron chi connectivity index (χ3n) is 3.31. The lowest BCUT2D eigenvalue weighted by atomic mass is 9.80. The molecule has 1 atom stereocenters. The standard InChI is InChI=1S/C14H7ClO4S/c15-12-10(20(18)19)6-5-9-11(12)14(17)8-4-2-1-3-7(8)13(9)16/h1-6,12H. The van der Waals surface area contributed by atoms with Gasteiger partial charge in [-0.15, -0.1) is 11.6 Å². The Kier molecular flexibility index (Phi) is 2.96. The summed E-state index contributed by atoms with van der Waals surface area (Å²) < 4.78 is 22.2. The lowest BCUT2D eigenvalue weighted by Gasteiger charge is -2.24. The molecule has 0 saturated heterocycles. The first kappa shape index (κ1) is 13.0. The fourth-order valence-corrected chi connectivity index (χ4v) is 3.34. The molecule has 20 heavy (non-hydrogen) atoms. The SMILES string of the molecule is O=C1C2=C(C(=O)c3ccccc31)C(Cl)C(=S(=O)=O)C=C2. The van der Waals surface area contributed by atoms with Crippen molar-refractivity contribution in [2.75, 3.05) is 0 Å². The predicted octanol–water partition coefficient (Wildman–Crippen LogP) is 1.59. The van der Waals surface area contributed by atoms with Crippen molar-refractivity contribution in [3.63, 3.8) is 0 Å². The number of halogens is 1. The lowest BCUT2D eigenvalue weighted by molar-refractivity contribution is 0.0976. The molecule has 0 amide bonds. The summed E-state index contributed by atoms with van der Waals surface area (Å²) in [7, 11) is -2.53. The number of hydrogen-bond acceptors (Lipinski definition) is 4. The molecule has 1 unspecified atom stereocenters. The summed E-state index contributed by atoms with van der Waals surface area (Å²) in [6.07, 6.45) is 2.61. The summed E-state index contributed by atoms with van der Waals surface area (Å²) in [6.45, 7) is 0. The van der Waals surface area contributed by atoms with Gasteiger partial charge in [0.2, 0.25) is 10.3 Å². The molecule has 0 spiro atoms. The highest BCUT2D eigenvalue weighted by Crippen LogP contribution is 2.33. The van der Waals surface area contributed by atoms with Crippen LogP contribution in [0.1, 0.15) is 20.7 Å². The van der Waals surface area contributed by atoms with Crippen LogP contribution in [0, 0.1) is 0 Å². The zero-order valence-corrected chi connectivity index (χ0v) is 11.5. The molecule has 6 heteroatoms. The van der Waals surface area contributed by atoms with Gasteiger partial charge in [-0.1, -0.05) is 24.3 Å². The van der Waals surface area contributed by atoms with Crippen LogP contribution in [-0.2, 0) is 10.3 Å². The van der Waals surface area contributed by atoms with Crippen molar-refractivity contribution in [2.45, 2.75) is 5.38 Å². The number of fused-ring (bicyclic) bond motifs is 1. The highest BCUT2D eigenvalue weighted by atomic mass is 35.5. The van der Waals surface area contributed by atoms with E-state index in [1.165, 1.54) is 18.2 Å². The van der Waals surface area contributed by atoms with Gasteiger partial charge in [-0.3, -0.25) is 9.59 Å². The van der Waals surface area contributed by atoms with Crippen molar-refractivity contribution >= 4 is 38.3 Å². The van der Waals surface area contributed by atoms with E-state index < -0.39 is 21.5 Å². The molecule has 2 aliphatic carbocycles. The highest BCUT2D eigenvalue weighted by Gasteiger charge is 2.37. The average Bonchev–Trinajstić information content (AvgIpc) is 2.44. The first-order valence-corrected chi connectivity index (χ1v) is 7.24. The summed E-state index contributed by atoms with van der Waals surface area (Å²) in [5.74, 6) is -0.713.